The topological polar surface area (TPSA) is 118 Å². The Bertz CT molecular complexity index is 791. The van der Waals surface area contributed by atoms with E-state index < -0.39 is 36.0 Å². The summed E-state index contributed by atoms with van der Waals surface area (Å²) in [6.45, 7) is 1.42. The molecule has 1 aliphatic heterocycles. The van der Waals surface area contributed by atoms with Crippen LogP contribution in [0.5, 0.6) is 0 Å². The van der Waals surface area contributed by atoms with Crippen LogP contribution >= 0.6 is 11.6 Å². The van der Waals surface area contributed by atoms with Gasteiger partial charge in [-0.05, 0) is 43.7 Å². The molecule has 1 saturated heterocycles. The zero-order valence-electron chi connectivity index (χ0n) is 14.7. The van der Waals surface area contributed by atoms with Crippen molar-refractivity contribution in [3.8, 4) is 0 Å². The van der Waals surface area contributed by atoms with E-state index in [1.54, 1.807) is 0 Å². The number of imide groups is 1. The summed E-state index contributed by atoms with van der Waals surface area (Å²) >= 11 is 5.76. The summed E-state index contributed by atoms with van der Waals surface area (Å²) in [5.41, 5.74) is 1.17. The largest absolute Gasteiger partial charge is 0.451 e. The van der Waals surface area contributed by atoms with Gasteiger partial charge >= 0.3 is 12.0 Å². The summed E-state index contributed by atoms with van der Waals surface area (Å²) in [6.07, 6.45) is 4.02. The highest BCUT2D eigenvalue weighted by Gasteiger charge is 2.52. The zero-order valence-corrected chi connectivity index (χ0v) is 15.4. The predicted octanol–water partition coefficient (Wildman–Crippen LogP) is 1.42. The number of rotatable bonds is 4. The lowest BCUT2D eigenvalue weighted by Gasteiger charge is -2.33. The lowest BCUT2D eigenvalue weighted by Crippen LogP contribution is -2.52. The number of carbonyl (C=O) groups excluding carboxylic acids is 4. The van der Waals surface area contributed by atoms with E-state index in [2.05, 4.69) is 22.7 Å². The van der Waals surface area contributed by atoms with E-state index in [9.17, 15) is 19.2 Å². The predicted molar refractivity (Wildman–Crippen MR) is 93.4 cm³/mol. The van der Waals surface area contributed by atoms with E-state index in [4.69, 9.17) is 16.3 Å². The smallest absolute Gasteiger partial charge is 0.357 e. The number of esters is 1. The van der Waals surface area contributed by atoms with Crippen LogP contribution in [0.4, 0.5) is 4.79 Å². The van der Waals surface area contributed by atoms with Gasteiger partial charge < -0.3 is 10.1 Å². The second-order valence-electron chi connectivity index (χ2n) is 6.81. The van der Waals surface area contributed by atoms with Crippen LogP contribution in [0.15, 0.2) is 18.3 Å². The highest BCUT2D eigenvalue weighted by atomic mass is 35.5. The molecule has 10 heteroatoms. The van der Waals surface area contributed by atoms with Crippen LogP contribution < -0.4 is 10.7 Å². The van der Waals surface area contributed by atoms with Crippen LogP contribution in [0, 0.1) is 5.92 Å². The van der Waals surface area contributed by atoms with Gasteiger partial charge in [0.1, 0.15) is 11.2 Å². The summed E-state index contributed by atoms with van der Waals surface area (Å²) < 4.78 is 4.83. The van der Waals surface area contributed by atoms with Crippen molar-refractivity contribution in [1.82, 2.24) is 20.7 Å². The molecular weight excluding hydrogens is 376 g/mol. The Kier molecular flexibility index (Phi) is 5.31. The number of carbonyl (C=O) groups is 4. The van der Waals surface area contributed by atoms with Crippen LogP contribution in [-0.2, 0) is 14.3 Å². The van der Waals surface area contributed by atoms with Gasteiger partial charge in [-0.2, -0.15) is 5.01 Å². The standard InChI is InChI=1S/C17H19ClN4O5/c1-10-2-5-17(6-3-10)15(25)22(16(26)20-17)21-13(23)9-27-14(24)12-8-11(18)4-7-19-12/h4,7-8,10H,2-3,5-6,9H2,1H3,(H,20,26)(H,21,23). The van der Waals surface area contributed by atoms with Crippen molar-refractivity contribution >= 4 is 35.4 Å². The molecule has 27 heavy (non-hydrogen) atoms. The van der Waals surface area contributed by atoms with Crippen LogP contribution in [0.25, 0.3) is 0 Å². The van der Waals surface area contributed by atoms with Crippen LogP contribution in [0.2, 0.25) is 5.02 Å². The Morgan fingerprint density at radius 3 is 2.78 bits per heavy atom. The molecule has 1 aromatic rings. The summed E-state index contributed by atoms with van der Waals surface area (Å²) in [6, 6.07) is 2.10. The van der Waals surface area contributed by atoms with Crippen molar-refractivity contribution in [3.63, 3.8) is 0 Å². The Morgan fingerprint density at radius 1 is 1.41 bits per heavy atom. The van der Waals surface area contributed by atoms with Gasteiger partial charge in [0.2, 0.25) is 0 Å². The quantitative estimate of drug-likeness (QED) is 0.589. The Labute approximate surface area is 160 Å². The molecule has 2 fully saturated rings. The van der Waals surface area contributed by atoms with Gasteiger partial charge in [-0.25, -0.2) is 14.6 Å². The first-order valence-electron chi connectivity index (χ1n) is 8.55. The van der Waals surface area contributed by atoms with E-state index in [-0.39, 0.29) is 5.69 Å². The van der Waals surface area contributed by atoms with Crippen molar-refractivity contribution in [1.29, 1.82) is 0 Å². The van der Waals surface area contributed by atoms with Crippen molar-refractivity contribution < 1.29 is 23.9 Å². The lowest BCUT2D eigenvalue weighted by molar-refractivity contribution is -0.141. The number of aromatic nitrogens is 1. The van der Waals surface area contributed by atoms with Gasteiger partial charge in [0.15, 0.2) is 6.61 Å². The number of hydrazine groups is 1. The third-order valence-corrected chi connectivity index (χ3v) is 5.03. The number of pyridine rings is 1. The first-order valence-corrected chi connectivity index (χ1v) is 8.93. The average molecular weight is 395 g/mol. The van der Waals surface area contributed by atoms with Crippen LogP contribution in [-0.4, -0.2) is 46.0 Å². The van der Waals surface area contributed by atoms with Crippen molar-refractivity contribution in [2.75, 3.05) is 6.61 Å². The van der Waals surface area contributed by atoms with E-state index in [0.29, 0.717) is 28.8 Å². The molecular formula is C17H19ClN4O5. The fraction of sp³-hybridized carbons (Fsp3) is 0.471. The number of urea groups is 1. The number of nitrogens with zero attached hydrogens (tertiary/aromatic N) is 2. The number of hydrogen-bond donors (Lipinski definition) is 2. The summed E-state index contributed by atoms with van der Waals surface area (Å²) in [5, 5.41) is 3.64. The fourth-order valence-corrected chi connectivity index (χ4v) is 3.35. The number of ether oxygens (including phenoxy) is 1. The molecule has 1 aliphatic carbocycles. The summed E-state index contributed by atoms with van der Waals surface area (Å²) in [5.74, 6) is -1.66. The number of halogens is 1. The normalized spacial score (nSPS) is 24.7. The molecule has 2 aliphatic rings. The first kappa shape index (κ1) is 19.1. The number of amides is 4. The van der Waals surface area contributed by atoms with Gasteiger partial charge in [0, 0.05) is 11.2 Å². The molecule has 0 aromatic carbocycles. The minimum absolute atomic E-state index is 0.0550. The zero-order chi connectivity index (χ0) is 19.6. The molecule has 1 spiro atoms. The van der Waals surface area contributed by atoms with Gasteiger partial charge in [0.25, 0.3) is 11.8 Å². The van der Waals surface area contributed by atoms with Gasteiger partial charge in [-0.3, -0.25) is 15.0 Å². The first-order chi connectivity index (χ1) is 12.8. The molecule has 0 radical (unpaired) electrons. The van der Waals surface area contributed by atoms with Crippen LogP contribution in [0.1, 0.15) is 43.1 Å². The third-order valence-electron chi connectivity index (χ3n) is 4.79. The average Bonchev–Trinajstić information content (AvgIpc) is 2.86. The highest BCUT2D eigenvalue weighted by Crippen LogP contribution is 2.35. The third kappa shape index (κ3) is 4.02. The van der Waals surface area contributed by atoms with E-state index in [1.807, 2.05) is 0 Å². The summed E-state index contributed by atoms with van der Waals surface area (Å²) in [7, 11) is 0. The minimum atomic E-state index is -0.960. The fourth-order valence-electron chi connectivity index (χ4n) is 3.19. The molecule has 2 N–H and O–H groups in total. The molecule has 1 aromatic heterocycles. The minimum Gasteiger partial charge on any atom is -0.451 e. The maximum absolute atomic E-state index is 12.6. The van der Waals surface area contributed by atoms with Crippen molar-refractivity contribution in [2.24, 2.45) is 5.92 Å². The molecule has 0 unspecified atom stereocenters. The number of hydrogen-bond acceptors (Lipinski definition) is 6. The molecule has 9 nitrogen and oxygen atoms in total. The second kappa shape index (κ2) is 7.51. The lowest BCUT2D eigenvalue weighted by atomic mass is 9.77. The SMILES string of the molecule is CC1CCC2(CC1)NC(=O)N(NC(=O)COC(=O)c1cc(Cl)ccn1)C2=O. The van der Waals surface area contributed by atoms with Gasteiger partial charge in [-0.15, -0.1) is 0 Å². The van der Waals surface area contributed by atoms with E-state index in [1.165, 1.54) is 18.3 Å². The Morgan fingerprint density at radius 2 is 2.11 bits per heavy atom. The molecule has 4 amide bonds. The van der Waals surface area contributed by atoms with Crippen molar-refractivity contribution in [3.05, 3.63) is 29.0 Å². The maximum Gasteiger partial charge on any atom is 0.357 e. The molecule has 1 saturated carbocycles. The summed E-state index contributed by atoms with van der Waals surface area (Å²) in [4.78, 5) is 52.4. The Hall–Kier alpha value is -2.68. The molecule has 3 rings (SSSR count). The molecule has 0 atom stereocenters. The van der Waals surface area contributed by atoms with Gasteiger partial charge in [-0.1, -0.05) is 18.5 Å². The van der Waals surface area contributed by atoms with Crippen molar-refractivity contribution in [2.45, 2.75) is 38.1 Å². The van der Waals surface area contributed by atoms with E-state index >= 15 is 0 Å². The van der Waals surface area contributed by atoms with Crippen LogP contribution in [0.3, 0.4) is 0 Å². The maximum atomic E-state index is 12.6. The monoisotopic (exact) mass is 394 g/mol. The molecule has 144 valence electrons. The molecule has 0 bridgehead atoms. The van der Waals surface area contributed by atoms with E-state index in [0.717, 1.165) is 12.8 Å². The highest BCUT2D eigenvalue weighted by molar-refractivity contribution is 6.30. The Balaban J connectivity index is 1.55. The molecule has 2 heterocycles. The second-order valence-corrected chi connectivity index (χ2v) is 7.24. The number of nitrogens with one attached hydrogen (secondary N) is 2. The van der Waals surface area contributed by atoms with Gasteiger partial charge in [0.05, 0.1) is 0 Å².